The van der Waals surface area contributed by atoms with E-state index in [4.69, 9.17) is 10.2 Å². The lowest BCUT2D eigenvalue weighted by atomic mass is 9.74. The van der Waals surface area contributed by atoms with Gasteiger partial charge in [-0.2, -0.15) is 0 Å². The number of hydrogen-bond acceptors (Lipinski definition) is 4. The SMILES string of the molecule is CC1(N)CCCCC1C(=O)Nc1ccc2oc(=O)[nH]c2c1. The van der Waals surface area contributed by atoms with Crippen molar-refractivity contribution in [3.8, 4) is 0 Å². The van der Waals surface area contributed by atoms with E-state index in [1.165, 1.54) is 0 Å². The van der Waals surface area contributed by atoms with Gasteiger partial charge in [0.05, 0.1) is 11.4 Å². The Bertz CT molecular complexity index is 729. The highest BCUT2D eigenvalue weighted by molar-refractivity contribution is 5.95. The quantitative estimate of drug-likeness (QED) is 0.786. The Balaban J connectivity index is 1.80. The van der Waals surface area contributed by atoms with Crippen molar-refractivity contribution >= 4 is 22.7 Å². The van der Waals surface area contributed by atoms with Gasteiger partial charge in [0, 0.05) is 11.2 Å². The molecule has 0 bridgehead atoms. The fourth-order valence-electron chi connectivity index (χ4n) is 3.05. The third kappa shape index (κ3) is 2.71. The number of amides is 1. The molecule has 0 radical (unpaired) electrons. The van der Waals surface area contributed by atoms with Crippen LogP contribution in [0.5, 0.6) is 0 Å². The molecule has 0 aliphatic heterocycles. The van der Waals surface area contributed by atoms with Crippen molar-refractivity contribution in [1.82, 2.24) is 4.98 Å². The van der Waals surface area contributed by atoms with Crippen molar-refractivity contribution in [2.45, 2.75) is 38.1 Å². The van der Waals surface area contributed by atoms with E-state index in [2.05, 4.69) is 10.3 Å². The number of carbonyl (C=O) groups is 1. The maximum Gasteiger partial charge on any atom is 0.417 e. The van der Waals surface area contributed by atoms with Crippen LogP contribution in [0.1, 0.15) is 32.6 Å². The van der Waals surface area contributed by atoms with E-state index >= 15 is 0 Å². The van der Waals surface area contributed by atoms with Crippen LogP contribution in [0.25, 0.3) is 11.1 Å². The lowest BCUT2D eigenvalue weighted by molar-refractivity contribution is -0.122. The third-order valence-electron chi connectivity index (χ3n) is 4.26. The summed E-state index contributed by atoms with van der Waals surface area (Å²) in [6.07, 6.45) is 3.76. The van der Waals surface area contributed by atoms with Crippen LogP contribution in [-0.4, -0.2) is 16.4 Å². The van der Waals surface area contributed by atoms with E-state index in [-0.39, 0.29) is 11.8 Å². The average Bonchev–Trinajstić information content (AvgIpc) is 2.77. The predicted octanol–water partition coefficient (Wildman–Crippen LogP) is 1.97. The Kier molecular flexibility index (Phi) is 3.33. The maximum atomic E-state index is 12.4. The first-order valence-electron chi connectivity index (χ1n) is 7.18. The van der Waals surface area contributed by atoms with Gasteiger partial charge in [-0.25, -0.2) is 4.79 Å². The number of H-pyrrole nitrogens is 1. The van der Waals surface area contributed by atoms with Crippen LogP contribution in [0.2, 0.25) is 0 Å². The maximum absolute atomic E-state index is 12.4. The minimum Gasteiger partial charge on any atom is -0.408 e. The zero-order valence-corrected chi connectivity index (χ0v) is 11.9. The lowest BCUT2D eigenvalue weighted by Crippen LogP contribution is -2.51. The predicted molar refractivity (Wildman–Crippen MR) is 80.0 cm³/mol. The van der Waals surface area contributed by atoms with Crippen molar-refractivity contribution in [2.24, 2.45) is 11.7 Å². The number of nitrogens with two attached hydrogens (primary N) is 1. The topological polar surface area (TPSA) is 101 Å². The Morgan fingerprint density at radius 2 is 2.29 bits per heavy atom. The van der Waals surface area contributed by atoms with E-state index in [0.29, 0.717) is 16.8 Å². The van der Waals surface area contributed by atoms with E-state index in [0.717, 1.165) is 25.7 Å². The molecule has 1 aromatic carbocycles. The molecule has 2 unspecified atom stereocenters. The van der Waals surface area contributed by atoms with Crippen molar-refractivity contribution in [3.05, 3.63) is 28.7 Å². The Morgan fingerprint density at radius 3 is 3.05 bits per heavy atom. The molecule has 1 heterocycles. The molecule has 1 fully saturated rings. The summed E-state index contributed by atoms with van der Waals surface area (Å²) < 4.78 is 4.93. The number of nitrogens with one attached hydrogen (secondary N) is 2. The Hall–Kier alpha value is -2.08. The van der Waals surface area contributed by atoms with Crippen LogP contribution in [0.3, 0.4) is 0 Å². The van der Waals surface area contributed by atoms with Gasteiger partial charge in [-0.1, -0.05) is 12.8 Å². The van der Waals surface area contributed by atoms with Crippen LogP contribution < -0.4 is 16.8 Å². The molecule has 0 spiro atoms. The summed E-state index contributed by atoms with van der Waals surface area (Å²) in [5.74, 6) is -0.759. The molecule has 3 rings (SSSR count). The zero-order chi connectivity index (χ0) is 15.0. The highest BCUT2D eigenvalue weighted by atomic mass is 16.4. The molecule has 1 aliphatic carbocycles. The number of aromatic amines is 1. The monoisotopic (exact) mass is 289 g/mol. The summed E-state index contributed by atoms with van der Waals surface area (Å²) in [7, 11) is 0. The number of fused-ring (bicyclic) bond motifs is 1. The van der Waals surface area contributed by atoms with Crippen LogP contribution in [0.15, 0.2) is 27.4 Å². The van der Waals surface area contributed by atoms with Gasteiger partial charge in [0.25, 0.3) is 0 Å². The molecule has 6 heteroatoms. The van der Waals surface area contributed by atoms with Gasteiger partial charge in [-0.05, 0) is 38.0 Å². The minimum absolute atomic E-state index is 0.0649. The molecule has 2 atom stereocenters. The molecule has 1 aliphatic rings. The highest BCUT2D eigenvalue weighted by Gasteiger charge is 2.37. The van der Waals surface area contributed by atoms with Gasteiger partial charge in [0.1, 0.15) is 0 Å². The Labute approximate surface area is 121 Å². The second kappa shape index (κ2) is 5.04. The molecular weight excluding hydrogens is 270 g/mol. The van der Waals surface area contributed by atoms with Crippen LogP contribution >= 0.6 is 0 Å². The molecule has 1 saturated carbocycles. The summed E-state index contributed by atoms with van der Waals surface area (Å²) in [6.45, 7) is 1.94. The fourth-order valence-corrected chi connectivity index (χ4v) is 3.05. The Morgan fingerprint density at radius 1 is 1.48 bits per heavy atom. The normalized spacial score (nSPS) is 25.9. The molecule has 0 saturated heterocycles. The molecule has 2 aromatic rings. The van der Waals surface area contributed by atoms with Crippen molar-refractivity contribution in [3.63, 3.8) is 0 Å². The summed E-state index contributed by atoms with van der Waals surface area (Å²) in [5, 5.41) is 2.89. The number of rotatable bonds is 2. The van der Waals surface area contributed by atoms with Crippen LogP contribution in [-0.2, 0) is 4.79 Å². The van der Waals surface area contributed by atoms with Crippen molar-refractivity contribution in [2.75, 3.05) is 5.32 Å². The number of oxazole rings is 1. The van der Waals surface area contributed by atoms with Gasteiger partial charge < -0.3 is 15.5 Å². The molecule has 4 N–H and O–H groups in total. The van der Waals surface area contributed by atoms with Gasteiger partial charge >= 0.3 is 5.76 Å². The molecule has 1 aromatic heterocycles. The van der Waals surface area contributed by atoms with Gasteiger partial charge in [-0.15, -0.1) is 0 Å². The van der Waals surface area contributed by atoms with E-state index in [9.17, 15) is 9.59 Å². The molecule has 1 amide bonds. The number of benzene rings is 1. The van der Waals surface area contributed by atoms with E-state index < -0.39 is 11.3 Å². The summed E-state index contributed by atoms with van der Waals surface area (Å²) in [5.41, 5.74) is 7.45. The fraction of sp³-hybridized carbons (Fsp3) is 0.467. The first-order chi connectivity index (χ1) is 9.95. The number of carbonyl (C=O) groups excluding carboxylic acids is 1. The smallest absolute Gasteiger partial charge is 0.408 e. The van der Waals surface area contributed by atoms with Crippen LogP contribution in [0, 0.1) is 5.92 Å². The van der Waals surface area contributed by atoms with Gasteiger partial charge in [0.2, 0.25) is 5.91 Å². The van der Waals surface area contributed by atoms with Gasteiger partial charge in [0.15, 0.2) is 5.58 Å². The van der Waals surface area contributed by atoms with E-state index in [1.54, 1.807) is 18.2 Å². The molecule has 21 heavy (non-hydrogen) atoms. The molecule has 6 nitrogen and oxygen atoms in total. The largest absolute Gasteiger partial charge is 0.417 e. The first-order valence-corrected chi connectivity index (χ1v) is 7.18. The third-order valence-corrected chi connectivity index (χ3v) is 4.26. The number of hydrogen-bond donors (Lipinski definition) is 3. The summed E-state index contributed by atoms with van der Waals surface area (Å²) in [6, 6.07) is 5.06. The van der Waals surface area contributed by atoms with Crippen molar-refractivity contribution in [1.29, 1.82) is 0 Å². The summed E-state index contributed by atoms with van der Waals surface area (Å²) >= 11 is 0. The first kappa shape index (κ1) is 13.9. The summed E-state index contributed by atoms with van der Waals surface area (Å²) in [4.78, 5) is 26.1. The molecular formula is C15H19N3O3. The molecule has 112 valence electrons. The zero-order valence-electron chi connectivity index (χ0n) is 11.9. The average molecular weight is 289 g/mol. The van der Waals surface area contributed by atoms with Gasteiger partial charge in [-0.3, -0.25) is 9.78 Å². The number of aromatic nitrogens is 1. The van der Waals surface area contributed by atoms with Crippen LogP contribution in [0.4, 0.5) is 5.69 Å². The lowest BCUT2D eigenvalue weighted by Gasteiger charge is -2.37. The second-order valence-corrected chi connectivity index (χ2v) is 6.02. The standard InChI is InChI=1S/C15H19N3O3/c1-15(16)7-3-2-4-10(15)13(19)17-9-5-6-12-11(8-9)18-14(20)21-12/h5-6,8,10H,2-4,7,16H2,1H3,(H,17,19)(H,18,20). The van der Waals surface area contributed by atoms with E-state index in [1.807, 2.05) is 6.92 Å². The second-order valence-electron chi connectivity index (χ2n) is 6.02. The highest BCUT2D eigenvalue weighted by Crippen LogP contribution is 2.32. The van der Waals surface area contributed by atoms with Crippen molar-refractivity contribution < 1.29 is 9.21 Å². The number of anilines is 1. The minimum atomic E-state index is -0.504.